The number of hydrogen-bond donors (Lipinski definition) is 4. The predicted molar refractivity (Wildman–Crippen MR) is 151 cm³/mol. The van der Waals surface area contributed by atoms with Gasteiger partial charge in [-0.2, -0.15) is 5.06 Å². The summed E-state index contributed by atoms with van der Waals surface area (Å²) < 4.78 is 0. The molecular weight excluding hydrogens is 492 g/mol. The molecule has 4 fully saturated rings. The number of amides is 1. The molecule has 0 radical (unpaired) electrons. The first-order chi connectivity index (χ1) is 18.6. The lowest BCUT2D eigenvalue weighted by Crippen LogP contribution is -2.62. The van der Waals surface area contributed by atoms with E-state index in [0.29, 0.717) is 36.1 Å². The van der Waals surface area contributed by atoms with Gasteiger partial charge < -0.3 is 20.6 Å². The summed E-state index contributed by atoms with van der Waals surface area (Å²) in [7, 11) is 0. The lowest BCUT2D eigenvalue weighted by Gasteiger charge is -2.62. The van der Waals surface area contributed by atoms with Crippen molar-refractivity contribution in [3.63, 3.8) is 0 Å². The lowest BCUT2D eigenvalue weighted by molar-refractivity contribution is -0.193. The Morgan fingerprint density at radius 2 is 1.92 bits per heavy atom. The van der Waals surface area contributed by atoms with Crippen molar-refractivity contribution >= 4 is 5.91 Å². The molecule has 3 aliphatic carbocycles. The Hall–Kier alpha value is -1.95. The molecule has 1 saturated heterocycles. The number of fused-ring (bicyclic) bond motifs is 2. The van der Waals surface area contributed by atoms with E-state index in [1.807, 2.05) is 24.3 Å². The quantitative estimate of drug-likeness (QED) is 0.267. The van der Waals surface area contributed by atoms with Crippen LogP contribution in [-0.4, -0.2) is 63.3 Å². The Morgan fingerprint density at radius 3 is 2.51 bits per heavy atom. The number of nitrogens with one attached hydrogen (secondary N) is 1. The van der Waals surface area contributed by atoms with Crippen LogP contribution in [0.5, 0.6) is 0 Å². The number of aliphatic hydroxyl groups excluding tert-OH is 3. The Balaban J connectivity index is 1.43. The molecule has 1 aromatic rings. The molecule has 39 heavy (non-hydrogen) atoms. The van der Waals surface area contributed by atoms with Gasteiger partial charge in [0.1, 0.15) is 18.2 Å². The highest BCUT2D eigenvalue weighted by Crippen LogP contribution is 2.61. The zero-order valence-corrected chi connectivity index (χ0v) is 24.3. The molecule has 3 saturated carbocycles. The summed E-state index contributed by atoms with van der Waals surface area (Å²) in [6.07, 6.45) is 3.96. The van der Waals surface area contributed by atoms with E-state index >= 15 is 0 Å². The van der Waals surface area contributed by atoms with E-state index in [9.17, 15) is 20.1 Å². The van der Waals surface area contributed by atoms with Gasteiger partial charge >= 0.3 is 0 Å². The van der Waals surface area contributed by atoms with Gasteiger partial charge in [-0.1, -0.05) is 64.5 Å². The van der Waals surface area contributed by atoms with Crippen LogP contribution in [0.25, 0.3) is 0 Å². The molecule has 5 rings (SSSR count). The number of carbonyl (C=O) groups excluding carboxylic acids is 1. The summed E-state index contributed by atoms with van der Waals surface area (Å²) in [4.78, 5) is 19.8. The maximum atomic E-state index is 13.7. The molecular formula is C32H48N2O5. The zero-order chi connectivity index (χ0) is 28.3. The van der Waals surface area contributed by atoms with E-state index in [4.69, 9.17) is 4.84 Å². The summed E-state index contributed by atoms with van der Waals surface area (Å²) >= 11 is 0. The Kier molecular flexibility index (Phi) is 9.78. The second kappa shape index (κ2) is 12.7. The Morgan fingerprint density at radius 1 is 1.21 bits per heavy atom. The number of aliphatic hydroxyl groups is 3. The maximum absolute atomic E-state index is 13.7. The van der Waals surface area contributed by atoms with Crippen molar-refractivity contribution in [2.45, 2.75) is 110 Å². The first kappa shape index (κ1) is 30.0. The maximum Gasteiger partial charge on any atom is 0.240 e. The minimum atomic E-state index is -0.828. The van der Waals surface area contributed by atoms with Crippen molar-refractivity contribution in [1.29, 1.82) is 0 Å². The molecule has 2 bridgehead atoms. The molecule has 1 heterocycles. The summed E-state index contributed by atoms with van der Waals surface area (Å²) in [6.45, 7) is 10.8. The number of carbonyl (C=O) groups is 1. The van der Waals surface area contributed by atoms with Gasteiger partial charge in [0, 0.05) is 17.5 Å². The van der Waals surface area contributed by atoms with Gasteiger partial charge in [0.05, 0.1) is 19.3 Å². The molecule has 0 unspecified atom stereocenters. The standard InChI is InChI=1S/C32H48N2O5/c1-6-7-8-9-25(37)15-14-22-10-12-23(13-11-22)18-34-29(26(19-35)30(39-34)21(3)36)31(38)33-28-17-24-16-27(20(28)2)32(24,4)5/h10-13,20-21,24-30,35-37H,6-9,16-19H2,1-5H3,(H,33,38)/t20-,21+,24+,25+,26+,27+,28-,29+,30+/m1/s1. The van der Waals surface area contributed by atoms with Crippen molar-refractivity contribution < 1.29 is 25.0 Å². The van der Waals surface area contributed by atoms with Crippen molar-refractivity contribution in [2.75, 3.05) is 6.61 Å². The second-order valence-electron chi connectivity index (χ2n) is 12.7. The molecule has 9 atom stereocenters. The first-order valence-corrected chi connectivity index (χ1v) is 14.9. The number of hydrogen-bond acceptors (Lipinski definition) is 6. The second-order valence-corrected chi connectivity index (χ2v) is 12.7. The predicted octanol–water partition coefficient (Wildman–Crippen LogP) is 3.64. The van der Waals surface area contributed by atoms with Gasteiger partial charge in [-0.05, 0) is 73.5 Å². The normalized spacial score (nSPS) is 33.0. The number of benzene rings is 1. The monoisotopic (exact) mass is 540 g/mol. The Bertz CT molecular complexity index is 1030. The minimum Gasteiger partial charge on any atom is -0.396 e. The van der Waals surface area contributed by atoms with Gasteiger partial charge in [0.2, 0.25) is 5.91 Å². The van der Waals surface area contributed by atoms with Gasteiger partial charge in [0.15, 0.2) is 0 Å². The van der Waals surface area contributed by atoms with Crippen molar-refractivity contribution in [1.82, 2.24) is 10.4 Å². The van der Waals surface area contributed by atoms with Gasteiger partial charge in [0.25, 0.3) is 0 Å². The van der Waals surface area contributed by atoms with Gasteiger partial charge in [-0.3, -0.25) is 9.63 Å². The molecule has 4 aliphatic rings. The topological polar surface area (TPSA) is 102 Å². The lowest BCUT2D eigenvalue weighted by atomic mass is 9.45. The number of nitrogens with zero attached hydrogens (tertiary/aromatic N) is 1. The van der Waals surface area contributed by atoms with E-state index in [-0.39, 0.29) is 18.6 Å². The third kappa shape index (κ3) is 6.52. The number of rotatable bonds is 10. The van der Waals surface area contributed by atoms with Crippen LogP contribution in [0.4, 0.5) is 0 Å². The summed E-state index contributed by atoms with van der Waals surface area (Å²) in [5, 5.41) is 35.6. The number of unbranched alkanes of at least 4 members (excludes halogenated alkanes) is 2. The smallest absolute Gasteiger partial charge is 0.240 e. The molecule has 1 aliphatic heterocycles. The molecule has 0 aromatic heterocycles. The SMILES string of the molecule is CCCCC[C@H](O)C#Cc1ccc(CN2O[C@@H]([C@H](C)O)[C@@H](CO)[C@H]2C(=O)N[C@@H]2C[C@@H]3C[C@@H]([C@H]2C)C3(C)C)cc1. The van der Waals surface area contributed by atoms with E-state index in [1.54, 1.807) is 12.0 Å². The van der Waals surface area contributed by atoms with E-state index in [1.165, 1.54) is 6.42 Å². The molecule has 216 valence electrons. The first-order valence-electron chi connectivity index (χ1n) is 14.9. The van der Waals surface area contributed by atoms with Crippen molar-refractivity contribution in [2.24, 2.45) is 29.1 Å². The highest BCUT2D eigenvalue weighted by molar-refractivity contribution is 5.82. The van der Waals surface area contributed by atoms with Crippen LogP contribution < -0.4 is 5.32 Å². The molecule has 1 amide bonds. The van der Waals surface area contributed by atoms with E-state index in [0.717, 1.165) is 36.8 Å². The fourth-order valence-electron chi connectivity index (χ4n) is 7.11. The van der Waals surface area contributed by atoms with Crippen LogP contribution in [0.3, 0.4) is 0 Å². The van der Waals surface area contributed by atoms with E-state index < -0.39 is 30.3 Å². The Labute approximate surface area is 234 Å². The average Bonchev–Trinajstić information content (AvgIpc) is 3.27. The van der Waals surface area contributed by atoms with Crippen LogP contribution in [0.2, 0.25) is 0 Å². The van der Waals surface area contributed by atoms with Crippen molar-refractivity contribution in [3.8, 4) is 11.8 Å². The molecule has 0 spiro atoms. The molecule has 1 aromatic carbocycles. The van der Waals surface area contributed by atoms with Gasteiger partial charge in [-0.25, -0.2) is 0 Å². The fourth-order valence-corrected chi connectivity index (χ4v) is 7.11. The zero-order valence-electron chi connectivity index (χ0n) is 24.3. The largest absolute Gasteiger partial charge is 0.396 e. The van der Waals surface area contributed by atoms with E-state index in [2.05, 4.69) is 44.9 Å². The molecule has 7 nitrogen and oxygen atoms in total. The average molecular weight is 541 g/mol. The van der Waals surface area contributed by atoms with Crippen LogP contribution in [0.15, 0.2) is 24.3 Å². The third-order valence-corrected chi connectivity index (χ3v) is 9.79. The molecule has 4 N–H and O–H groups in total. The summed E-state index contributed by atoms with van der Waals surface area (Å²) in [5.41, 5.74) is 2.07. The fraction of sp³-hybridized carbons (Fsp3) is 0.719. The summed E-state index contributed by atoms with van der Waals surface area (Å²) in [5.74, 6) is 6.91. The summed E-state index contributed by atoms with van der Waals surface area (Å²) in [6, 6.07) is 7.09. The molecule has 7 heteroatoms. The third-order valence-electron chi connectivity index (χ3n) is 9.79. The van der Waals surface area contributed by atoms with Gasteiger partial charge in [-0.15, -0.1) is 0 Å². The highest BCUT2D eigenvalue weighted by Gasteiger charge is 2.57. The van der Waals surface area contributed by atoms with Crippen LogP contribution in [0, 0.1) is 40.9 Å². The van der Waals surface area contributed by atoms with Crippen LogP contribution >= 0.6 is 0 Å². The number of hydroxylamine groups is 2. The van der Waals surface area contributed by atoms with Crippen molar-refractivity contribution in [3.05, 3.63) is 35.4 Å². The van der Waals surface area contributed by atoms with Crippen LogP contribution in [-0.2, 0) is 16.2 Å². The minimum absolute atomic E-state index is 0.108. The van der Waals surface area contributed by atoms with Crippen LogP contribution in [0.1, 0.15) is 84.3 Å². The highest BCUT2D eigenvalue weighted by atomic mass is 16.7.